The topological polar surface area (TPSA) is 86.3 Å². The van der Waals surface area contributed by atoms with Crippen LogP contribution >= 0.6 is 0 Å². The molecule has 0 unspecified atom stereocenters. The predicted octanol–water partition coefficient (Wildman–Crippen LogP) is 4.81. The van der Waals surface area contributed by atoms with Gasteiger partial charge >= 0.3 is 5.97 Å². The minimum atomic E-state index is -2.13. The van der Waals surface area contributed by atoms with Gasteiger partial charge in [-0.15, -0.1) is 0 Å². The van der Waals surface area contributed by atoms with Crippen molar-refractivity contribution in [2.45, 2.75) is 102 Å². The molecule has 0 amide bonds. The molecular formula is C28H47NO6Si. The van der Waals surface area contributed by atoms with Crippen molar-refractivity contribution in [1.82, 2.24) is 5.32 Å². The summed E-state index contributed by atoms with van der Waals surface area (Å²) in [4.78, 5) is 12.2. The number of hydrogen-bond donors (Lipinski definition) is 2. The standard InChI is InChI=1S/C28H47NO6Si/c1-19(20-13-11-10-12-14-20)29-17-28(31,18-33-36(8,9)26(2,3)4)22-15-21(16-23(30)32-7)24-25(22)35-27(5,6)34-24/h10-14,19,21-22,24-25,29,31H,15-18H2,1-9H3/t19-,21+,22+,24+,25-,28+/m1/s1. The van der Waals surface area contributed by atoms with Crippen LogP contribution in [0.4, 0.5) is 0 Å². The number of methoxy groups -OCH3 is 1. The van der Waals surface area contributed by atoms with Gasteiger partial charge in [0.1, 0.15) is 5.60 Å². The Hall–Kier alpha value is -1.29. The van der Waals surface area contributed by atoms with Crippen LogP contribution < -0.4 is 5.32 Å². The van der Waals surface area contributed by atoms with Crippen LogP contribution in [0.3, 0.4) is 0 Å². The number of benzene rings is 1. The molecule has 1 aromatic rings. The van der Waals surface area contributed by atoms with Crippen LogP contribution in [0, 0.1) is 11.8 Å². The highest BCUT2D eigenvalue weighted by Gasteiger charge is 2.60. The normalized spacial score (nSPS) is 28.4. The van der Waals surface area contributed by atoms with Crippen molar-refractivity contribution in [3.8, 4) is 0 Å². The summed E-state index contributed by atoms with van der Waals surface area (Å²) < 4.78 is 24.2. The maximum Gasteiger partial charge on any atom is 0.305 e. The van der Waals surface area contributed by atoms with Crippen molar-refractivity contribution in [2.75, 3.05) is 20.3 Å². The van der Waals surface area contributed by atoms with Crippen LogP contribution in [0.5, 0.6) is 0 Å². The molecule has 1 saturated heterocycles. The second-order valence-corrected chi connectivity index (χ2v) is 17.4. The van der Waals surface area contributed by atoms with E-state index in [0.29, 0.717) is 13.0 Å². The first-order chi connectivity index (χ1) is 16.6. The van der Waals surface area contributed by atoms with Gasteiger partial charge in [-0.25, -0.2) is 0 Å². The van der Waals surface area contributed by atoms with Gasteiger partial charge in [0.05, 0.1) is 32.3 Å². The highest BCUT2D eigenvalue weighted by molar-refractivity contribution is 6.74. The van der Waals surface area contributed by atoms with E-state index in [1.807, 2.05) is 32.0 Å². The van der Waals surface area contributed by atoms with E-state index in [-0.39, 0.29) is 54.1 Å². The smallest absolute Gasteiger partial charge is 0.305 e. The van der Waals surface area contributed by atoms with E-state index in [9.17, 15) is 9.90 Å². The fourth-order valence-electron chi connectivity index (χ4n) is 5.11. The summed E-state index contributed by atoms with van der Waals surface area (Å²) in [5, 5.41) is 15.9. The number of fused-ring (bicyclic) bond motifs is 1. The summed E-state index contributed by atoms with van der Waals surface area (Å²) >= 11 is 0. The van der Waals surface area contributed by atoms with Crippen LogP contribution in [0.25, 0.3) is 0 Å². The van der Waals surface area contributed by atoms with Gasteiger partial charge in [-0.2, -0.15) is 0 Å². The third kappa shape index (κ3) is 6.58. The molecule has 0 aromatic heterocycles. The Balaban J connectivity index is 1.88. The first-order valence-corrected chi connectivity index (χ1v) is 16.1. The van der Waals surface area contributed by atoms with Gasteiger partial charge in [0.15, 0.2) is 14.1 Å². The maximum absolute atomic E-state index is 12.3. The van der Waals surface area contributed by atoms with Crippen molar-refractivity contribution in [1.29, 1.82) is 0 Å². The Morgan fingerprint density at radius 2 is 1.81 bits per heavy atom. The molecule has 1 aromatic carbocycles. The number of esters is 1. The van der Waals surface area contributed by atoms with E-state index in [1.165, 1.54) is 7.11 Å². The zero-order valence-electron chi connectivity index (χ0n) is 23.6. The first kappa shape index (κ1) is 29.3. The van der Waals surface area contributed by atoms with E-state index in [4.69, 9.17) is 18.6 Å². The molecule has 0 bridgehead atoms. The lowest BCUT2D eigenvalue weighted by molar-refractivity contribution is -0.178. The van der Waals surface area contributed by atoms with Gasteiger partial charge in [-0.1, -0.05) is 51.1 Å². The third-order valence-electron chi connectivity index (χ3n) is 8.43. The lowest BCUT2D eigenvalue weighted by Crippen LogP contribution is -2.56. The molecule has 3 rings (SSSR count). The Kier molecular flexibility index (Phi) is 8.80. The summed E-state index contributed by atoms with van der Waals surface area (Å²) in [7, 11) is -0.727. The summed E-state index contributed by atoms with van der Waals surface area (Å²) in [6.07, 6.45) is 0.214. The van der Waals surface area contributed by atoms with Gasteiger partial charge in [-0.3, -0.25) is 4.79 Å². The highest BCUT2D eigenvalue weighted by atomic mass is 28.4. The zero-order chi connectivity index (χ0) is 26.9. The van der Waals surface area contributed by atoms with Gasteiger partial charge in [0.25, 0.3) is 0 Å². The van der Waals surface area contributed by atoms with Crippen LogP contribution in [-0.4, -0.2) is 63.3 Å². The third-order valence-corrected chi connectivity index (χ3v) is 12.9. The molecule has 0 radical (unpaired) electrons. The molecule has 1 heterocycles. The Bertz CT molecular complexity index is 886. The van der Waals surface area contributed by atoms with Crippen LogP contribution in [0.1, 0.15) is 66.0 Å². The molecule has 204 valence electrons. The van der Waals surface area contributed by atoms with E-state index < -0.39 is 19.7 Å². The number of rotatable bonds is 10. The van der Waals surface area contributed by atoms with E-state index in [0.717, 1.165) is 5.56 Å². The predicted molar refractivity (Wildman–Crippen MR) is 143 cm³/mol. The Labute approximate surface area is 218 Å². The fraction of sp³-hybridized carbons (Fsp3) is 0.750. The Morgan fingerprint density at radius 3 is 2.39 bits per heavy atom. The zero-order valence-corrected chi connectivity index (χ0v) is 24.6. The summed E-state index contributed by atoms with van der Waals surface area (Å²) in [5.74, 6) is -1.42. The quantitative estimate of drug-likeness (QED) is 0.338. The molecule has 7 nitrogen and oxygen atoms in total. The fourth-order valence-corrected chi connectivity index (χ4v) is 6.15. The van der Waals surface area contributed by atoms with E-state index >= 15 is 0 Å². The number of ether oxygens (including phenoxy) is 3. The minimum absolute atomic E-state index is 0.0132. The second kappa shape index (κ2) is 10.8. The van der Waals surface area contributed by atoms with E-state index in [2.05, 4.69) is 58.2 Å². The SMILES string of the molecule is COC(=O)C[C@@H]1C[C@H]([C@](O)(CN[C@H](C)c2ccccc2)CO[Si](C)(C)C(C)(C)C)[C@H]2OC(C)(C)O[C@@H]12. The van der Waals surface area contributed by atoms with Crippen molar-refractivity contribution in [3.05, 3.63) is 35.9 Å². The number of carbonyl (C=O) groups is 1. The van der Waals surface area contributed by atoms with Gasteiger partial charge in [0, 0.05) is 18.5 Å². The average Bonchev–Trinajstić information content (AvgIpc) is 3.29. The van der Waals surface area contributed by atoms with Crippen LogP contribution in [-0.2, 0) is 23.4 Å². The molecule has 2 aliphatic rings. The molecule has 1 saturated carbocycles. The summed E-state index contributed by atoms with van der Waals surface area (Å²) in [6, 6.07) is 10.2. The van der Waals surface area contributed by atoms with Crippen LogP contribution in [0.15, 0.2) is 30.3 Å². The summed E-state index contributed by atoms with van der Waals surface area (Å²) in [5.41, 5.74) is -0.0598. The molecule has 2 N–H and O–H groups in total. The van der Waals surface area contributed by atoms with Crippen molar-refractivity contribution in [3.63, 3.8) is 0 Å². The first-order valence-electron chi connectivity index (χ1n) is 13.2. The molecule has 6 atom stereocenters. The average molecular weight is 522 g/mol. The number of aliphatic hydroxyl groups is 1. The number of nitrogens with one attached hydrogen (secondary N) is 1. The lowest BCUT2D eigenvalue weighted by atomic mass is 9.83. The highest BCUT2D eigenvalue weighted by Crippen LogP contribution is 2.50. The Morgan fingerprint density at radius 1 is 1.19 bits per heavy atom. The van der Waals surface area contributed by atoms with Gasteiger partial charge in [-0.05, 0) is 56.8 Å². The minimum Gasteiger partial charge on any atom is -0.469 e. The van der Waals surface area contributed by atoms with Crippen molar-refractivity contribution < 1.29 is 28.5 Å². The van der Waals surface area contributed by atoms with E-state index in [1.54, 1.807) is 0 Å². The number of carbonyl (C=O) groups excluding carboxylic acids is 1. The van der Waals surface area contributed by atoms with Crippen LogP contribution in [0.2, 0.25) is 18.1 Å². The summed E-state index contributed by atoms with van der Waals surface area (Å²) in [6.45, 7) is 17.4. The largest absolute Gasteiger partial charge is 0.469 e. The number of hydrogen-bond acceptors (Lipinski definition) is 7. The molecule has 0 spiro atoms. The van der Waals surface area contributed by atoms with Crippen molar-refractivity contribution in [2.24, 2.45) is 11.8 Å². The molecule has 36 heavy (non-hydrogen) atoms. The molecule has 1 aliphatic carbocycles. The van der Waals surface area contributed by atoms with Crippen molar-refractivity contribution >= 4 is 14.3 Å². The monoisotopic (exact) mass is 521 g/mol. The van der Waals surface area contributed by atoms with Gasteiger partial charge < -0.3 is 29.1 Å². The maximum atomic E-state index is 12.3. The molecule has 8 heteroatoms. The molecule has 2 fully saturated rings. The molecule has 1 aliphatic heterocycles. The second-order valence-electron chi connectivity index (χ2n) is 12.6. The van der Waals surface area contributed by atoms with Gasteiger partial charge in [0.2, 0.25) is 0 Å². The lowest BCUT2D eigenvalue weighted by Gasteiger charge is -2.43. The molecular weight excluding hydrogens is 474 g/mol.